The van der Waals surface area contributed by atoms with Gasteiger partial charge in [-0.1, -0.05) is 15.9 Å². The number of imidazole rings is 1. The predicted octanol–water partition coefficient (Wildman–Crippen LogP) is 4.97. The average Bonchev–Trinajstić information content (AvgIpc) is 2.76. The number of alkyl halides is 1. The van der Waals surface area contributed by atoms with Crippen molar-refractivity contribution in [2.75, 3.05) is 0 Å². The Hall–Kier alpha value is -1.39. The zero-order valence-electron chi connectivity index (χ0n) is 10.7. The van der Waals surface area contributed by atoms with E-state index in [0.29, 0.717) is 5.88 Å². The van der Waals surface area contributed by atoms with Crippen molar-refractivity contribution >= 4 is 38.6 Å². The quantitative estimate of drug-likeness (QED) is 0.594. The van der Waals surface area contributed by atoms with E-state index >= 15 is 0 Å². The zero-order chi connectivity index (χ0) is 14.3. The minimum atomic E-state index is -0.245. The van der Waals surface area contributed by atoms with Crippen molar-refractivity contribution in [3.8, 4) is 5.69 Å². The molecule has 0 aliphatic heterocycles. The molecule has 2 nitrogen and oxygen atoms in total. The Labute approximate surface area is 129 Å². The third-order valence-electron chi connectivity index (χ3n) is 3.21. The molecule has 0 saturated heterocycles. The molecule has 1 heterocycles. The Kier molecular flexibility index (Phi) is 3.52. The van der Waals surface area contributed by atoms with Gasteiger partial charge < -0.3 is 0 Å². The van der Waals surface area contributed by atoms with Gasteiger partial charge in [0.2, 0.25) is 0 Å². The van der Waals surface area contributed by atoms with Gasteiger partial charge in [0.25, 0.3) is 0 Å². The first-order chi connectivity index (χ1) is 9.60. The molecule has 0 fully saturated rings. The summed E-state index contributed by atoms with van der Waals surface area (Å²) in [6, 6.07) is 10.6. The topological polar surface area (TPSA) is 17.8 Å². The van der Waals surface area contributed by atoms with E-state index < -0.39 is 0 Å². The van der Waals surface area contributed by atoms with Gasteiger partial charge in [-0.15, -0.1) is 11.6 Å². The van der Waals surface area contributed by atoms with Crippen LogP contribution in [0.5, 0.6) is 0 Å². The highest BCUT2D eigenvalue weighted by atomic mass is 79.9. The van der Waals surface area contributed by atoms with Gasteiger partial charge >= 0.3 is 0 Å². The van der Waals surface area contributed by atoms with Gasteiger partial charge in [-0.25, -0.2) is 9.37 Å². The Morgan fingerprint density at radius 1 is 1.25 bits per heavy atom. The number of nitrogens with zero attached hydrogens (tertiary/aromatic N) is 2. The Bertz CT molecular complexity index is 798. The highest BCUT2D eigenvalue weighted by molar-refractivity contribution is 9.10. The van der Waals surface area contributed by atoms with Crippen LogP contribution in [0.25, 0.3) is 16.7 Å². The predicted molar refractivity (Wildman–Crippen MR) is 83.0 cm³/mol. The molecule has 0 spiro atoms. The number of rotatable bonds is 2. The molecule has 0 atom stereocenters. The molecule has 0 unspecified atom stereocenters. The van der Waals surface area contributed by atoms with E-state index in [-0.39, 0.29) is 5.82 Å². The van der Waals surface area contributed by atoms with Gasteiger partial charge in [-0.3, -0.25) is 4.57 Å². The maximum atomic E-state index is 13.3. The van der Waals surface area contributed by atoms with Crippen LogP contribution in [0, 0.1) is 12.7 Å². The lowest BCUT2D eigenvalue weighted by Gasteiger charge is -2.11. The number of aryl methyl sites for hydroxylation is 1. The van der Waals surface area contributed by atoms with Gasteiger partial charge in [0.1, 0.15) is 11.6 Å². The number of fused-ring (bicyclic) bond motifs is 1. The lowest BCUT2D eigenvalue weighted by atomic mass is 10.2. The number of hydrogen-bond acceptors (Lipinski definition) is 1. The van der Waals surface area contributed by atoms with Crippen LogP contribution in [-0.2, 0) is 5.88 Å². The van der Waals surface area contributed by atoms with Crippen molar-refractivity contribution in [2.45, 2.75) is 12.8 Å². The normalized spacial score (nSPS) is 11.2. The molecule has 0 radical (unpaired) electrons. The first-order valence-electron chi connectivity index (χ1n) is 6.09. The lowest BCUT2D eigenvalue weighted by Crippen LogP contribution is -2.01. The van der Waals surface area contributed by atoms with E-state index in [0.717, 1.165) is 32.6 Å². The van der Waals surface area contributed by atoms with Crippen LogP contribution in [-0.4, -0.2) is 9.55 Å². The summed E-state index contributed by atoms with van der Waals surface area (Å²) < 4.78 is 16.2. The highest BCUT2D eigenvalue weighted by Gasteiger charge is 2.13. The van der Waals surface area contributed by atoms with Gasteiger partial charge in [-0.2, -0.15) is 0 Å². The Morgan fingerprint density at radius 2 is 2.05 bits per heavy atom. The minimum Gasteiger partial charge on any atom is -0.295 e. The highest BCUT2D eigenvalue weighted by Crippen LogP contribution is 2.27. The molecule has 0 amide bonds. The van der Waals surface area contributed by atoms with Crippen LogP contribution in [0.3, 0.4) is 0 Å². The summed E-state index contributed by atoms with van der Waals surface area (Å²) in [5.41, 5.74) is 3.56. The van der Waals surface area contributed by atoms with E-state index in [4.69, 9.17) is 11.6 Å². The van der Waals surface area contributed by atoms with Crippen molar-refractivity contribution in [3.63, 3.8) is 0 Å². The monoisotopic (exact) mass is 352 g/mol. The van der Waals surface area contributed by atoms with Crippen LogP contribution in [0.2, 0.25) is 0 Å². The van der Waals surface area contributed by atoms with Crippen LogP contribution < -0.4 is 0 Å². The van der Waals surface area contributed by atoms with Crippen LogP contribution >= 0.6 is 27.5 Å². The first-order valence-corrected chi connectivity index (χ1v) is 7.42. The maximum absolute atomic E-state index is 13.3. The van der Waals surface area contributed by atoms with Gasteiger partial charge in [-0.05, 0) is 48.9 Å². The number of hydrogen-bond donors (Lipinski definition) is 0. The summed E-state index contributed by atoms with van der Waals surface area (Å²) in [5.74, 6) is 0.795. The standard InChI is InChI=1S/C15H11BrClFN2/c1-9-6-11(18)3-5-13(9)20-14-4-2-10(16)7-12(14)19-15(20)8-17/h2-7H,8H2,1H3. The molecule has 3 rings (SSSR count). The lowest BCUT2D eigenvalue weighted by molar-refractivity contribution is 0.626. The van der Waals surface area contributed by atoms with E-state index in [1.165, 1.54) is 12.1 Å². The van der Waals surface area contributed by atoms with Crippen molar-refractivity contribution in [3.05, 3.63) is 58.1 Å². The summed E-state index contributed by atoms with van der Waals surface area (Å²) in [6.45, 7) is 1.88. The summed E-state index contributed by atoms with van der Waals surface area (Å²) in [7, 11) is 0. The van der Waals surface area contributed by atoms with Crippen molar-refractivity contribution < 1.29 is 4.39 Å². The van der Waals surface area contributed by atoms with Crippen molar-refractivity contribution in [1.82, 2.24) is 9.55 Å². The summed E-state index contributed by atoms with van der Waals surface area (Å²) in [6.07, 6.45) is 0. The summed E-state index contributed by atoms with van der Waals surface area (Å²) in [4.78, 5) is 4.54. The van der Waals surface area contributed by atoms with Gasteiger partial charge in [0.15, 0.2) is 0 Å². The molecule has 0 N–H and O–H groups in total. The molecule has 0 aliphatic rings. The Balaban J connectivity index is 2.34. The van der Waals surface area contributed by atoms with Gasteiger partial charge in [0, 0.05) is 4.47 Å². The maximum Gasteiger partial charge on any atom is 0.129 e. The molecule has 0 bridgehead atoms. The second-order valence-electron chi connectivity index (χ2n) is 4.56. The number of halogens is 3. The summed E-state index contributed by atoms with van der Waals surface area (Å²) in [5, 5.41) is 0. The SMILES string of the molecule is Cc1cc(F)ccc1-n1c(CCl)nc2cc(Br)ccc21. The fourth-order valence-electron chi connectivity index (χ4n) is 2.33. The molecule has 1 aromatic heterocycles. The second kappa shape index (κ2) is 5.19. The van der Waals surface area contributed by atoms with Crippen molar-refractivity contribution in [1.29, 1.82) is 0 Å². The molecule has 3 aromatic rings. The number of benzene rings is 2. The molecule has 5 heteroatoms. The molecule has 2 aromatic carbocycles. The van der Waals surface area contributed by atoms with E-state index in [2.05, 4.69) is 20.9 Å². The second-order valence-corrected chi connectivity index (χ2v) is 5.74. The molecule has 102 valence electrons. The zero-order valence-corrected chi connectivity index (χ0v) is 13.0. The fourth-order valence-corrected chi connectivity index (χ4v) is 2.86. The third-order valence-corrected chi connectivity index (χ3v) is 3.94. The molecule has 20 heavy (non-hydrogen) atoms. The average molecular weight is 354 g/mol. The molecule has 0 saturated carbocycles. The largest absolute Gasteiger partial charge is 0.295 e. The number of aromatic nitrogens is 2. The molecular weight excluding hydrogens is 343 g/mol. The molecular formula is C15H11BrClFN2. The van der Waals surface area contributed by atoms with E-state index in [9.17, 15) is 4.39 Å². The van der Waals surface area contributed by atoms with Crippen LogP contribution in [0.1, 0.15) is 11.4 Å². The van der Waals surface area contributed by atoms with Gasteiger partial charge in [0.05, 0.1) is 22.6 Å². The van der Waals surface area contributed by atoms with Crippen LogP contribution in [0.15, 0.2) is 40.9 Å². The van der Waals surface area contributed by atoms with Crippen molar-refractivity contribution in [2.24, 2.45) is 0 Å². The fraction of sp³-hybridized carbons (Fsp3) is 0.133. The minimum absolute atomic E-state index is 0.245. The molecule has 0 aliphatic carbocycles. The van der Waals surface area contributed by atoms with E-state index in [1.807, 2.05) is 29.7 Å². The Morgan fingerprint density at radius 3 is 2.75 bits per heavy atom. The summed E-state index contributed by atoms with van der Waals surface area (Å²) >= 11 is 9.44. The van der Waals surface area contributed by atoms with Crippen LogP contribution in [0.4, 0.5) is 4.39 Å². The third kappa shape index (κ3) is 2.23. The van der Waals surface area contributed by atoms with E-state index in [1.54, 1.807) is 6.07 Å². The smallest absolute Gasteiger partial charge is 0.129 e. The first kappa shape index (κ1) is 13.6.